The van der Waals surface area contributed by atoms with Crippen LogP contribution in [0.15, 0.2) is 23.2 Å². The van der Waals surface area contributed by atoms with Gasteiger partial charge in [-0.1, -0.05) is 20.8 Å². The van der Waals surface area contributed by atoms with Crippen LogP contribution in [0.25, 0.3) is 0 Å². The molecule has 148 valence electrons. The van der Waals surface area contributed by atoms with Crippen LogP contribution in [0.2, 0.25) is 0 Å². The Labute approximate surface area is 160 Å². The second-order valence-electron chi connectivity index (χ2n) is 9.75. The molecule has 0 amide bonds. The Morgan fingerprint density at radius 2 is 1.96 bits per heavy atom. The number of carbonyl (C=O) groups is 2. The van der Waals surface area contributed by atoms with E-state index in [-0.39, 0.29) is 33.5 Å². The summed E-state index contributed by atoms with van der Waals surface area (Å²) >= 11 is 0. The van der Waals surface area contributed by atoms with E-state index in [0.29, 0.717) is 18.3 Å². The summed E-state index contributed by atoms with van der Waals surface area (Å²) in [5, 5.41) is 10.4. The van der Waals surface area contributed by atoms with E-state index in [1.165, 1.54) is 13.5 Å². The third kappa shape index (κ3) is 2.77. The first kappa shape index (κ1) is 18.7. The zero-order valence-electron chi connectivity index (χ0n) is 16.8. The van der Waals surface area contributed by atoms with E-state index >= 15 is 0 Å². The molecule has 0 radical (unpaired) electrons. The lowest BCUT2D eigenvalue weighted by atomic mass is 9.45. The van der Waals surface area contributed by atoms with Gasteiger partial charge in [0, 0.05) is 11.6 Å². The van der Waals surface area contributed by atoms with Crippen LogP contribution in [-0.2, 0) is 19.1 Å². The quantitative estimate of drug-likeness (QED) is 0.599. The van der Waals surface area contributed by atoms with Crippen molar-refractivity contribution < 1.29 is 24.2 Å². The third-order valence-corrected chi connectivity index (χ3v) is 8.14. The van der Waals surface area contributed by atoms with Crippen molar-refractivity contribution in [2.75, 3.05) is 13.7 Å². The number of hydrogen-bond donors (Lipinski definition) is 1. The predicted octanol–water partition coefficient (Wildman–Crippen LogP) is 3.88. The molecule has 5 heteroatoms. The number of rotatable bonds is 3. The molecule has 3 fully saturated rings. The Hall–Kier alpha value is -1.62. The first-order valence-electron chi connectivity index (χ1n) is 10.0. The monoisotopic (exact) mass is 374 g/mol. The second kappa shape index (κ2) is 5.94. The van der Waals surface area contributed by atoms with Crippen LogP contribution in [0.1, 0.15) is 59.3 Å². The van der Waals surface area contributed by atoms with Crippen LogP contribution in [0.3, 0.4) is 0 Å². The zero-order chi connectivity index (χ0) is 19.6. The summed E-state index contributed by atoms with van der Waals surface area (Å²) in [4.78, 5) is 25.0. The van der Waals surface area contributed by atoms with E-state index in [1.807, 2.05) is 0 Å². The number of carbonyl (C=O) groups excluding carboxylic acids is 2. The largest absolute Gasteiger partial charge is 0.504 e. The maximum atomic E-state index is 12.8. The minimum atomic E-state index is -0.537. The lowest BCUT2D eigenvalue weighted by Crippen LogP contribution is -2.52. The highest BCUT2D eigenvalue weighted by atomic mass is 16.6. The van der Waals surface area contributed by atoms with Crippen LogP contribution >= 0.6 is 0 Å². The molecule has 5 nitrogen and oxygen atoms in total. The molecule has 27 heavy (non-hydrogen) atoms. The molecule has 4 rings (SSSR count). The summed E-state index contributed by atoms with van der Waals surface area (Å²) in [6.07, 6.45) is 6.97. The van der Waals surface area contributed by atoms with Crippen LogP contribution in [0, 0.1) is 22.7 Å². The van der Waals surface area contributed by atoms with Crippen LogP contribution in [-0.4, -0.2) is 36.0 Å². The summed E-state index contributed by atoms with van der Waals surface area (Å²) in [5.41, 5.74) is 0.338. The molecule has 5 unspecified atom stereocenters. The number of allylic oxidation sites excluding steroid dienone is 2. The second-order valence-corrected chi connectivity index (χ2v) is 9.75. The van der Waals surface area contributed by atoms with Crippen LogP contribution in [0.5, 0.6) is 0 Å². The molecule has 0 bridgehead atoms. The fourth-order valence-corrected chi connectivity index (χ4v) is 6.31. The molecule has 1 N–H and O–H groups in total. The molecule has 1 aliphatic heterocycles. The summed E-state index contributed by atoms with van der Waals surface area (Å²) in [6, 6.07) is 0. The highest BCUT2D eigenvalue weighted by Crippen LogP contribution is 2.65. The smallest absolute Gasteiger partial charge is 0.227 e. The van der Waals surface area contributed by atoms with Gasteiger partial charge in [0.15, 0.2) is 11.5 Å². The van der Waals surface area contributed by atoms with Crippen LogP contribution < -0.4 is 0 Å². The summed E-state index contributed by atoms with van der Waals surface area (Å²) < 4.78 is 10.9. The minimum Gasteiger partial charge on any atom is -0.504 e. The topological polar surface area (TPSA) is 76.1 Å². The highest BCUT2D eigenvalue weighted by Gasteiger charge is 2.61. The van der Waals surface area contributed by atoms with E-state index in [1.54, 1.807) is 0 Å². The van der Waals surface area contributed by atoms with Gasteiger partial charge in [0.2, 0.25) is 11.6 Å². The lowest BCUT2D eigenvalue weighted by Gasteiger charge is -2.59. The number of epoxide rings is 1. The fourth-order valence-electron chi connectivity index (χ4n) is 6.31. The van der Waals surface area contributed by atoms with E-state index < -0.39 is 11.5 Å². The van der Waals surface area contributed by atoms with Crippen molar-refractivity contribution in [1.82, 2.24) is 0 Å². The van der Waals surface area contributed by atoms with Crippen molar-refractivity contribution >= 4 is 11.6 Å². The number of methoxy groups -OCH3 is 1. The molecule has 1 spiro atoms. The fraction of sp³-hybridized carbons (Fsp3) is 0.727. The predicted molar refractivity (Wildman–Crippen MR) is 100 cm³/mol. The number of hydrogen-bond acceptors (Lipinski definition) is 5. The van der Waals surface area contributed by atoms with Gasteiger partial charge in [-0.2, -0.15) is 0 Å². The van der Waals surface area contributed by atoms with Crippen LogP contribution in [0.4, 0.5) is 0 Å². The molecule has 3 aliphatic carbocycles. The Balaban J connectivity index is 1.68. The Bertz CT molecular complexity index is 759. The van der Waals surface area contributed by atoms with Crippen molar-refractivity contribution in [3.63, 3.8) is 0 Å². The average molecular weight is 374 g/mol. The molecule has 1 saturated heterocycles. The van der Waals surface area contributed by atoms with Gasteiger partial charge in [-0.15, -0.1) is 0 Å². The van der Waals surface area contributed by atoms with Gasteiger partial charge in [-0.3, -0.25) is 9.59 Å². The molecule has 0 aromatic rings. The molecule has 5 atom stereocenters. The number of fused-ring (bicyclic) bond motifs is 1. The van der Waals surface area contributed by atoms with Crippen molar-refractivity contribution in [1.29, 1.82) is 0 Å². The minimum absolute atomic E-state index is 0.0246. The standard InChI is InChI=1S/C22H30O5/c1-13-5-7-20(2)11-22(12-27-22)8-6-17(20)21(13,3)10-14-18(24)15(23)9-16(26-4)19(14)25/h9,13,17,24H,5-8,10-12H2,1-4H3. The number of aliphatic hydroxyl groups is 1. The summed E-state index contributed by atoms with van der Waals surface area (Å²) in [6.45, 7) is 7.74. The summed E-state index contributed by atoms with van der Waals surface area (Å²) in [5.74, 6) is -0.428. The summed E-state index contributed by atoms with van der Waals surface area (Å²) in [7, 11) is 1.38. The Morgan fingerprint density at radius 3 is 2.59 bits per heavy atom. The number of ketones is 2. The van der Waals surface area contributed by atoms with E-state index in [9.17, 15) is 14.7 Å². The molecular weight excluding hydrogens is 344 g/mol. The SMILES string of the molecule is COC1=CC(=O)C(O)=C(CC2(C)C(C)CCC3(C)CC4(CCC32)CO4)C1=O. The van der Waals surface area contributed by atoms with Gasteiger partial charge in [-0.25, -0.2) is 0 Å². The van der Waals surface area contributed by atoms with Gasteiger partial charge in [0.05, 0.1) is 19.3 Å². The first-order chi connectivity index (χ1) is 12.6. The zero-order valence-corrected chi connectivity index (χ0v) is 16.8. The van der Waals surface area contributed by atoms with E-state index in [2.05, 4.69) is 20.8 Å². The van der Waals surface area contributed by atoms with Crippen molar-refractivity contribution in [2.45, 2.75) is 64.9 Å². The van der Waals surface area contributed by atoms with Gasteiger partial charge >= 0.3 is 0 Å². The number of ether oxygens (including phenoxy) is 2. The average Bonchev–Trinajstić information content (AvgIpc) is 3.37. The number of Topliss-reactive ketones (excluding diaryl/α,β-unsaturated/α-hetero) is 1. The highest BCUT2D eigenvalue weighted by molar-refractivity contribution is 6.20. The van der Waals surface area contributed by atoms with Crippen molar-refractivity contribution in [3.8, 4) is 0 Å². The first-order valence-corrected chi connectivity index (χ1v) is 10.0. The third-order valence-electron chi connectivity index (χ3n) is 8.14. The van der Waals surface area contributed by atoms with Gasteiger partial charge in [-0.05, 0) is 61.2 Å². The maximum Gasteiger partial charge on any atom is 0.227 e. The molecule has 2 saturated carbocycles. The molecular formula is C22H30O5. The molecule has 0 aromatic heterocycles. The normalized spacial score (nSPS) is 44.2. The van der Waals surface area contributed by atoms with Crippen molar-refractivity contribution in [3.05, 3.63) is 23.2 Å². The molecule has 0 aromatic carbocycles. The Morgan fingerprint density at radius 1 is 1.26 bits per heavy atom. The van der Waals surface area contributed by atoms with E-state index in [0.717, 1.165) is 38.4 Å². The molecule has 4 aliphatic rings. The van der Waals surface area contributed by atoms with Crippen molar-refractivity contribution in [2.24, 2.45) is 22.7 Å². The lowest BCUT2D eigenvalue weighted by molar-refractivity contribution is -0.122. The van der Waals surface area contributed by atoms with E-state index in [4.69, 9.17) is 9.47 Å². The van der Waals surface area contributed by atoms with Gasteiger partial charge in [0.25, 0.3) is 0 Å². The Kier molecular flexibility index (Phi) is 4.12. The van der Waals surface area contributed by atoms with Gasteiger partial charge < -0.3 is 14.6 Å². The number of aliphatic hydroxyl groups excluding tert-OH is 1. The van der Waals surface area contributed by atoms with Gasteiger partial charge in [0.1, 0.15) is 0 Å². The maximum absolute atomic E-state index is 12.8. The molecule has 1 heterocycles.